The standard InChI is InChI=1S/C11H4ClF2N3O2S/c12-10-7(15-16-20-10)3-17-8-5(9(18)11(17)19)1-4(13)2-6(8)14/h1-2H,3H2. The van der Waals surface area contributed by atoms with Gasteiger partial charge in [0, 0.05) is 17.6 Å². The molecule has 0 saturated carbocycles. The van der Waals surface area contributed by atoms with Crippen LogP contribution in [0.2, 0.25) is 4.34 Å². The Labute approximate surface area is 119 Å². The summed E-state index contributed by atoms with van der Waals surface area (Å²) in [6.45, 7) is -0.199. The van der Waals surface area contributed by atoms with E-state index in [-0.39, 0.29) is 27.8 Å². The first-order chi connectivity index (χ1) is 9.49. The van der Waals surface area contributed by atoms with Gasteiger partial charge in [-0.25, -0.2) is 8.78 Å². The van der Waals surface area contributed by atoms with Crippen LogP contribution in [0.25, 0.3) is 0 Å². The number of fused-ring (bicyclic) bond motifs is 1. The van der Waals surface area contributed by atoms with E-state index in [9.17, 15) is 18.4 Å². The van der Waals surface area contributed by atoms with Crippen LogP contribution in [-0.2, 0) is 11.3 Å². The van der Waals surface area contributed by atoms with Gasteiger partial charge in [-0.1, -0.05) is 16.1 Å². The number of ketones is 1. The lowest BCUT2D eigenvalue weighted by atomic mass is 10.1. The van der Waals surface area contributed by atoms with Gasteiger partial charge in [0.25, 0.3) is 11.7 Å². The average Bonchev–Trinajstić information content (AvgIpc) is 2.88. The van der Waals surface area contributed by atoms with E-state index >= 15 is 0 Å². The van der Waals surface area contributed by atoms with E-state index in [0.717, 1.165) is 22.5 Å². The summed E-state index contributed by atoms with van der Waals surface area (Å²) < 4.78 is 30.8. The zero-order valence-electron chi connectivity index (χ0n) is 9.56. The lowest BCUT2D eigenvalue weighted by Crippen LogP contribution is -2.29. The molecular weight excluding hydrogens is 312 g/mol. The minimum Gasteiger partial charge on any atom is -0.296 e. The average molecular weight is 316 g/mol. The Hall–Kier alpha value is -1.93. The normalized spacial score (nSPS) is 14.1. The summed E-state index contributed by atoms with van der Waals surface area (Å²) in [6.07, 6.45) is 0. The van der Waals surface area contributed by atoms with Gasteiger partial charge in [0.15, 0.2) is 5.82 Å². The van der Waals surface area contributed by atoms with Crippen molar-refractivity contribution < 1.29 is 18.4 Å². The first kappa shape index (κ1) is 13.1. The van der Waals surface area contributed by atoms with Gasteiger partial charge in [-0.15, -0.1) is 5.10 Å². The molecule has 2 aromatic rings. The molecule has 5 nitrogen and oxygen atoms in total. The Morgan fingerprint density at radius 2 is 2.05 bits per heavy atom. The fraction of sp³-hybridized carbons (Fsp3) is 0.0909. The fourth-order valence-electron chi connectivity index (χ4n) is 1.94. The van der Waals surface area contributed by atoms with Gasteiger partial charge in [0.05, 0.1) is 17.8 Å². The van der Waals surface area contributed by atoms with E-state index in [4.69, 9.17) is 11.6 Å². The summed E-state index contributed by atoms with van der Waals surface area (Å²) >= 11 is 6.72. The Morgan fingerprint density at radius 1 is 1.30 bits per heavy atom. The molecule has 0 fully saturated rings. The van der Waals surface area contributed by atoms with Crippen molar-refractivity contribution in [2.45, 2.75) is 6.54 Å². The molecule has 9 heteroatoms. The van der Waals surface area contributed by atoms with E-state index in [2.05, 4.69) is 9.59 Å². The van der Waals surface area contributed by atoms with Crippen molar-refractivity contribution in [3.63, 3.8) is 0 Å². The van der Waals surface area contributed by atoms with E-state index in [1.807, 2.05) is 0 Å². The Kier molecular flexibility index (Phi) is 2.98. The summed E-state index contributed by atoms with van der Waals surface area (Å²) in [6, 6.07) is 1.44. The number of carbonyl (C=O) groups is 2. The van der Waals surface area contributed by atoms with Crippen LogP contribution in [0.3, 0.4) is 0 Å². The summed E-state index contributed by atoms with van der Waals surface area (Å²) in [7, 11) is 0. The van der Waals surface area contributed by atoms with Crippen molar-refractivity contribution in [1.29, 1.82) is 0 Å². The van der Waals surface area contributed by atoms with Crippen LogP contribution < -0.4 is 4.90 Å². The maximum atomic E-state index is 13.8. The highest BCUT2D eigenvalue weighted by atomic mass is 35.5. The Morgan fingerprint density at radius 3 is 2.70 bits per heavy atom. The summed E-state index contributed by atoms with van der Waals surface area (Å²) in [5.74, 6) is -3.82. The number of rotatable bonds is 2. The van der Waals surface area contributed by atoms with Gasteiger partial charge >= 0.3 is 0 Å². The van der Waals surface area contributed by atoms with Crippen LogP contribution in [0.1, 0.15) is 16.1 Å². The van der Waals surface area contributed by atoms with Crippen LogP contribution in [0.4, 0.5) is 14.5 Å². The smallest absolute Gasteiger partial charge is 0.296 e. The SMILES string of the molecule is O=C1C(=O)N(Cc2nnsc2Cl)c2c(F)cc(F)cc21. The zero-order chi connectivity index (χ0) is 14.4. The van der Waals surface area contributed by atoms with Gasteiger partial charge in [-0.3, -0.25) is 14.5 Å². The molecule has 1 aromatic heterocycles. The second-order valence-electron chi connectivity index (χ2n) is 4.00. The molecule has 102 valence electrons. The Balaban J connectivity index is 2.09. The third-order valence-corrected chi connectivity index (χ3v) is 3.78. The number of nitrogens with zero attached hydrogens (tertiary/aromatic N) is 3. The van der Waals surface area contributed by atoms with Gasteiger partial charge in [-0.2, -0.15) is 0 Å². The molecule has 0 saturated heterocycles. The maximum Gasteiger partial charge on any atom is 0.299 e. The second-order valence-corrected chi connectivity index (χ2v) is 5.35. The zero-order valence-corrected chi connectivity index (χ0v) is 11.1. The maximum absolute atomic E-state index is 13.8. The van der Waals surface area contributed by atoms with Crippen LogP contribution in [-0.4, -0.2) is 21.3 Å². The molecule has 0 spiro atoms. The minimum absolute atomic E-state index is 0.199. The van der Waals surface area contributed by atoms with E-state index < -0.39 is 23.3 Å². The number of halogens is 3. The molecule has 1 amide bonds. The van der Waals surface area contributed by atoms with Crippen LogP contribution in [0.15, 0.2) is 12.1 Å². The van der Waals surface area contributed by atoms with Crippen molar-refractivity contribution in [3.05, 3.63) is 39.4 Å². The van der Waals surface area contributed by atoms with Crippen molar-refractivity contribution in [3.8, 4) is 0 Å². The van der Waals surface area contributed by atoms with Crippen molar-refractivity contribution in [1.82, 2.24) is 9.59 Å². The van der Waals surface area contributed by atoms with Crippen LogP contribution in [0.5, 0.6) is 0 Å². The number of anilines is 1. The summed E-state index contributed by atoms with van der Waals surface area (Å²) in [4.78, 5) is 24.5. The predicted octanol–water partition coefficient (Wildman–Crippen LogP) is 2.20. The third-order valence-electron chi connectivity index (χ3n) is 2.80. The summed E-state index contributed by atoms with van der Waals surface area (Å²) in [5.41, 5.74) is -0.313. The van der Waals surface area contributed by atoms with Crippen LogP contribution >= 0.6 is 23.1 Å². The molecule has 0 atom stereocenters. The van der Waals surface area contributed by atoms with E-state index in [1.165, 1.54) is 0 Å². The highest BCUT2D eigenvalue weighted by Gasteiger charge is 2.39. The number of carbonyl (C=O) groups excluding carboxylic acids is 2. The van der Waals surface area contributed by atoms with Gasteiger partial charge < -0.3 is 0 Å². The molecule has 1 aromatic carbocycles. The van der Waals surface area contributed by atoms with Gasteiger partial charge in [0.2, 0.25) is 0 Å². The fourth-order valence-corrected chi connectivity index (χ4v) is 2.56. The largest absolute Gasteiger partial charge is 0.299 e. The van der Waals surface area contributed by atoms with Gasteiger partial charge in [0.1, 0.15) is 15.8 Å². The van der Waals surface area contributed by atoms with E-state index in [0.29, 0.717) is 6.07 Å². The van der Waals surface area contributed by atoms with Crippen LogP contribution in [0, 0.1) is 11.6 Å². The number of aromatic nitrogens is 2. The first-order valence-electron chi connectivity index (χ1n) is 5.31. The lowest BCUT2D eigenvalue weighted by molar-refractivity contribution is -0.114. The molecule has 0 N–H and O–H groups in total. The molecule has 0 aliphatic carbocycles. The molecule has 0 unspecified atom stereocenters. The van der Waals surface area contributed by atoms with Crippen molar-refractivity contribution in [2.75, 3.05) is 4.90 Å². The Bertz CT molecular complexity index is 749. The number of Topliss-reactive ketones (excluding diaryl/α,β-unsaturated/α-hetero) is 1. The number of hydrogen-bond acceptors (Lipinski definition) is 5. The minimum atomic E-state index is -0.987. The summed E-state index contributed by atoms with van der Waals surface area (Å²) in [5, 5.41) is 3.69. The number of benzene rings is 1. The molecule has 0 bridgehead atoms. The van der Waals surface area contributed by atoms with Crippen molar-refractivity contribution in [2.24, 2.45) is 0 Å². The van der Waals surface area contributed by atoms with E-state index in [1.54, 1.807) is 0 Å². The number of hydrogen-bond donors (Lipinski definition) is 0. The molecule has 2 heterocycles. The third kappa shape index (κ3) is 1.88. The molecule has 20 heavy (non-hydrogen) atoms. The molecule has 1 aliphatic rings. The second kappa shape index (κ2) is 4.57. The lowest BCUT2D eigenvalue weighted by Gasteiger charge is -2.15. The first-order valence-corrected chi connectivity index (χ1v) is 6.46. The quantitative estimate of drug-likeness (QED) is 0.797. The highest BCUT2D eigenvalue weighted by molar-refractivity contribution is 7.10. The van der Waals surface area contributed by atoms with Gasteiger partial charge in [-0.05, 0) is 6.07 Å². The highest BCUT2D eigenvalue weighted by Crippen LogP contribution is 2.34. The molecule has 3 rings (SSSR count). The molecule has 1 aliphatic heterocycles. The molecular formula is C11H4ClF2N3O2S. The topological polar surface area (TPSA) is 63.2 Å². The molecule has 0 radical (unpaired) electrons. The monoisotopic (exact) mass is 315 g/mol. The number of amides is 1. The van der Waals surface area contributed by atoms with Crippen molar-refractivity contribution >= 4 is 40.5 Å². The predicted molar refractivity (Wildman–Crippen MR) is 66.8 cm³/mol.